The Bertz CT molecular complexity index is 1010. The van der Waals surface area contributed by atoms with Gasteiger partial charge in [-0.25, -0.2) is 0 Å². The first-order valence-electron chi connectivity index (χ1n) is 10.1. The van der Waals surface area contributed by atoms with Crippen LogP contribution in [0, 0.1) is 13.8 Å². The van der Waals surface area contributed by atoms with Gasteiger partial charge in [-0.1, -0.05) is 59.8 Å². The highest BCUT2D eigenvalue weighted by Crippen LogP contribution is 2.21. The van der Waals surface area contributed by atoms with Gasteiger partial charge in [0, 0.05) is 25.7 Å². The minimum atomic E-state index is 0.0155. The molecular weight excluding hydrogens is 396 g/mol. The van der Waals surface area contributed by atoms with E-state index in [0.29, 0.717) is 10.9 Å². The van der Waals surface area contributed by atoms with Crippen molar-refractivity contribution in [1.29, 1.82) is 0 Å². The van der Waals surface area contributed by atoms with Gasteiger partial charge in [-0.3, -0.25) is 9.69 Å². The van der Waals surface area contributed by atoms with Crippen molar-refractivity contribution in [3.8, 4) is 5.69 Å². The van der Waals surface area contributed by atoms with E-state index in [9.17, 15) is 4.79 Å². The van der Waals surface area contributed by atoms with Crippen molar-refractivity contribution in [2.45, 2.75) is 38.0 Å². The van der Waals surface area contributed by atoms with Gasteiger partial charge in [0.1, 0.15) is 0 Å². The fourth-order valence-electron chi connectivity index (χ4n) is 3.80. The third-order valence-electron chi connectivity index (χ3n) is 5.24. The van der Waals surface area contributed by atoms with E-state index in [1.807, 2.05) is 25.1 Å². The van der Waals surface area contributed by atoms with Crippen molar-refractivity contribution >= 4 is 17.7 Å². The number of hydrogen-bond donors (Lipinski definition) is 1. The van der Waals surface area contributed by atoms with Crippen LogP contribution in [0.4, 0.5) is 0 Å². The van der Waals surface area contributed by atoms with Crippen molar-refractivity contribution in [3.63, 3.8) is 0 Å². The number of carbonyl (C=O) groups excluding carboxylic acids is 1. The molecule has 1 aromatic heterocycles. The predicted molar refractivity (Wildman–Crippen MR) is 118 cm³/mol. The van der Waals surface area contributed by atoms with Crippen molar-refractivity contribution < 1.29 is 4.79 Å². The number of aryl methyl sites for hydroxylation is 2. The van der Waals surface area contributed by atoms with Crippen LogP contribution in [0.5, 0.6) is 0 Å². The SMILES string of the molecule is Cc1ccc(-n2nnnc2SCC(=O)NC2CCN(Cc3ccccc3)C2)c(C)c1. The van der Waals surface area contributed by atoms with E-state index < -0.39 is 0 Å². The topological polar surface area (TPSA) is 75.9 Å². The molecule has 1 saturated heterocycles. The molecule has 1 N–H and O–H groups in total. The predicted octanol–water partition coefficient (Wildman–Crippen LogP) is 2.76. The number of benzene rings is 2. The van der Waals surface area contributed by atoms with E-state index in [1.165, 1.54) is 22.9 Å². The zero-order valence-electron chi connectivity index (χ0n) is 17.3. The standard InChI is InChI=1S/C22H26N6OS/c1-16-8-9-20(17(2)12-16)28-22(24-25-26-28)30-15-21(29)23-19-10-11-27(14-19)13-18-6-4-3-5-7-18/h3-9,12,19H,10-11,13-15H2,1-2H3,(H,23,29). The largest absolute Gasteiger partial charge is 0.351 e. The Hall–Kier alpha value is -2.71. The summed E-state index contributed by atoms with van der Waals surface area (Å²) in [7, 11) is 0. The Morgan fingerprint density at radius 2 is 2.03 bits per heavy atom. The molecule has 1 fully saturated rings. The number of amides is 1. The van der Waals surface area contributed by atoms with Crippen molar-refractivity contribution in [3.05, 3.63) is 65.2 Å². The van der Waals surface area contributed by atoms with E-state index in [-0.39, 0.29) is 11.9 Å². The monoisotopic (exact) mass is 422 g/mol. The summed E-state index contributed by atoms with van der Waals surface area (Å²) < 4.78 is 1.70. The van der Waals surface area contributed by atoms with E-state index in [2.05, 4.69) is 63.0 Å². The molecule has 0 aliphatic carbocycles. The van der Waals surface area contributed by atoms with Gasteiger partial charge >= 0.3 is 0 Å². The molecule has 1 amide bonds. The van der Waals surface area contributed by atoms with Gasteiger partial charge in [0.05, 0.1) is 11.4 Å². The van der Waals surface area contributed by atoms with Gasteiger partial charge in [-0.2, -0.15) is 4.68 Å². The highest BCUT2D eigenvalue weighted by Gasteiger charge is 2.24. The van der Waals surface area contributed by atoms with Gasteiger partial charge in [-0.15, -0.1) is 5.10 Å². The van der Waals surface area contributed by atoms with Gasteiger partial charge in [0.25, 0.3) is 0 Å². The number of tetrazole rings is 1. The molecular formula is C22H26N6OS. The van der Waals surface area contributed by atoms with Gasteiger partial charge in [0.2, 0.25) is 11.1 Å². The molecule has 4 rings (SSSR count). The normalized spacial score (nSPS) is 16.7. The van der Waals surface area contributed by atoms with Crippen LogP contribution >= 0.6 is 11.8 Å². The molecule has 0 spiro atoms. The molecule has 1 unspecified atom stereocenters. The lowest BCUT2D eigenvalue weighted by Crippen LogP contribution is -2.38. The molecule has 8 heteroatoms. The fourth-order valence-corrected chi connectivity index (χ4v) is 4.49. The molecule has 0 bridgehead atoms. The Morgan fingerprint density at radius 3 is 2.83 bits per heavy atom. The summed E-state index contributed by atoms with van der Waals surface area (Å²) in [6, 6.07) is 16.8. The first kappa shape index (κ1) is 20.6. The number of aromatic nitrogens is 4. The van der Waals surface area contributed by atoms with E-state index in [4.69, 9.17) is 0 Å². The Balaban J connectivity index is 1.28. The lowest BCUT2D eigenvalue weighted by Gasteiger charge is -2.16. The molecule has 7 nitrogen and oxygen atoms in total. The summed E-state index contributed by atoms with van der Waals surface area (Å²) in [5, 5.41) is 15.8. The fraction of sp³-hybridized carbons (Fsp3) is 0.364. The van der Waals surface area contributed by atoms with Crippen LogP contribution in [0.2, 0.25) is 0 Å². The van der Waals surface area contributed by atoms with Crippen molar-refractivity contribution in [2.24, 2.45) is 0 Å². The molecule has 2 heterocycles. The number of likely N-dealkylation sites (tertiary alicyclic amines) is 1. The van der Waals surface area contributed by atoms with E-state index in [1.54, 1.807) is 4.68 Å². The third kappa shape index (κ3) is 5.06. The average Bonchev–Trinajstić information content (AvgIpc) is 3.37. The first-order chi connectivity index (χ1) is 14.6. The zero-order chi connectivity index (χ0) is 20.9. The molecule has 156 valence electrons. The summed E-state index contributed by atoms with van der Waals surface area (Å²) in [5.41, 5.74) is 4.52. The Kier molecular flexibility index (Phi) is 6.44. The summed E-state index contributed by atoms with van der Waals surface area (Å²) >= 11 is 1.36. The highest BCUT2D eigenvalue weighted by atomic mass is 32.2. The highest BCUT2D eigenvalue weighted by molar-refractivity contribution is 7.99. The van der Waals surface area contributed by atoms with E-state index >= 15 is 0 Å². The summed E-state index contributed by atoms with van der Waals surface area (Å²) in [4.78, 5) is 14.9. The zero-order valence-corrected chi connectivity index (χ0v) is 18.1. The maximum atomic E-state index is 12.5. The van der Waals surface area contributed by atoms with Crippen LogP contribution in [-0.4, -0.2) is 55.9 Å². The second-order valence-electron chi connectivity index (χ2n) is 7.73. The van der Waals surface area contributed by atoms with Crippen LogP contribution in [0.1, 0.15) is 23.1 Å². The first-order valence-corrected chi connectivity index (χ1v) is 11.1. The van der Waals surface area contributed by atoms with Crippen molar-refractivity contribution in [1.82, 2.24) is 30.4 Å². The second kappa shape index (κ2) is 9.40. The molecule has 0 radical (unpaired) electrons. The second-order valence-corrected chi connectivity index (χ2v) is 8.67. The molecule has 1 aliphatic rings. The number of nitrogens with zero attached hydrogens (tertiary/aromatic N) is 5. The summed E-state index contributed by atoms with van der Waals surface area (Å²) in [6.07, 6.45) is 0.976. The maximum Gasteiger partial charge on any atom is 0.230 e. The molecule has 30 heavy (non-hydrogen) atoms. The molecule has 1 aliphatic heterocycles. The smallest absolute Gasteiger partial charge is 0.230 e. The van der Waals surface area contributed by atoms with Crippen LogP contribution in [0.3, 0.4) is 0 Å². The van der Waals surface area contributed by atoms with Gasteiger partial charge in [-0.05, 0) is 47.9 Å². The number of rotatable bonds is 7. The minimum Gasteiger partial charge on any atom is -0.351 e. The molecule has 3 aromatic rings. The van der Waals surface area contributed by atoms with Crippen LogP contribution < -0.4 is 5.32 Å². The summed E-state index contributed by atoms with van der Waals surface area (Å²) in [5.74, 6) is 0.308. The molecule has 1 atom stereocenters. The molecule has 2 aromatic carbocycles. The van der Waals surface area contributed by atoms with Crippen LogP contribution in [-0.2, 0) is 11.3 Å². The average molecular weight is 423 g/mol. The Labute approximate surface area is 180 Å². The minimum absolute atomic E-state index is 0.0155. The lowest BCUT2D eigenvalue weighted by molar-refractivity contribution is -0.119. The van der Waals surface area contributed by atoms with Crippen molar-refractivity contribution in [2.75, 3.05) is 18.8 Å². The number of hydrogen-bond acceptors (Lipinski definition) is 6. The van der Waals surface area contributed by atoms with Crippen LogP contribution in [0.25, 0.3) is 5.69 Å². The number of thioether (sulfide) groups is 1. The summed E-state index contributed by atoms with van der Waals surface area (Å²) in [6.45, 7) is 6.89. The quantitative estimate of drug-likeness (QED) is 0.590. The van der Waals surface area contributed by atoms with E-state index in [0.717, 1.165) is 37.3 Å². The number of nitrogens with one attached hydrogen (secondary N) is 1. The maximum absolute atomic E-state index is 12.5. The number of carbonyl (C=O) groups is 1. The lowest BCUT2D eigenvalue weighted by atomic mass is 10.1. The molecule has 0 saturated carbocycles. The van der Waals surface area contributed by atoms with Gasteiger partial charge < -0.3 is 5.32 Å². The third-order valence-corrected chi connectivity index (χ3v) is 6.16. The van der Waals surface area contributed by atoms with Crippen LogP contribution in [0.15, 0.2) is 53.7 Å². The van der Waals surface area contributed by atoms with Gasteiger partial charge in [0.15, 0.2) is 0 Å². The Morgan fingerprint density at radius 1 is 1.20 bits per heavy atom.